The number of hydrogen-bond donors (Lipinski definition) is 0. The summed E-state index contributed by atoms with van der Waals surface area (Å²) in [7, 11) is 3.35. The number of carbonyl (C=O) groups is 2. The number of methoxy groups -OCH3 is 1. The predicted molar refractivity (Wildman–Crippen MR) is 91.6 cm³/mol. The Morgan fingerprint density at radius 3 is 2.54 bits per heavy atom. The lowest BCUT2D eigenvalue weighted by Gasteiger charge is -2.49. The number of rotatable bonds is 3. The molecule has 0 radical (unpaired) electrons. The molecule has 0 bridgehead atoms. The van der Waals surface area contributed by atoms with E-state index in [1.807, 2.05) is 30.1 Å². The summed E-state index contributed by atoms with van der Waals surface area (Å²) in [4.78, 5) is 28.2. The van der Waals surface area contributed by atoms with Gasteiger partial charge < -0.3 is 9.64 Å². The highest BCUT2D eigenvalue weighted by Gasteiger charge is 2.45. The number of likely N-dealkylation sites (tertiary alicyclic amines) is 2. The fourth-order valence-electron chi connectivity index (χ4n) is 4.17. The lowest BCUT2D eigenvalue weighted by molar-refractivity contribution is -0.143. The zero-order valence-corrected chi connectivity index (χ0v) is 14.5. The van der Waals surface area contributed by atoms with E-state index in [0.29, 0.717) is 6.54 Å². The van der Waals surface area contributed by atoms with Crippen molar-refractivity contribution in [3.05, 3.63) is 35.9 Å². The summed E-state index contributed by atoms with van der Waals surface area (Å²) in [5, 5.41) is 0. The van der Waals surface area contributed by atoms with Crippen LogP contribution in [0.1, 0.15) is 30.7 Å². The van der Waals surface area contributed by atoms with E-state index in [1.54, 1.807) is 0 Å². The van der Waals surface area contributed by atoms with Gasteiger partial charge in [0.25, 0.3) is 0 Å². The summed E-state index contributed by atoms with van der Waals surface area (Å²) in [5.41, 5.74) is 1.28. The third-order valence-electron chi connectivity index (χ3n) is 5.58. The van der Waals surface area contributed by atoms with E-state index in [9.17, 15) is 9.59 Å². The minimum atomic E-state index is -0.177. The number of piperidine rings is 2. The van der Waals surface area contributed by atoms with Crippen LogP contribution in [-0.4, -0.2) is 62.0 Å². The van der Waals surface area contributed by atoms with E-state index >= 15 is 0 Å². The van der Waals surface area contributed by atoms with Crippen molar-refractivity contribution in [2.24, 2.45) is 5.41 Å². The van der Waals surface area contributed by atoms with Gasteiger partial charge in [0.05, 0.1) is 19.6 Å². The SMILES string of the molecule is COC(=O)CN1CCC2(CC1)CC(c1ccccc1)C(=O)N(C)C2. The molecule has 2 aliphatic heterocycles. The van der Waals surface area contributed by atoms with Crippen LogP contribution >= 0.6 is 0 Å². The number of ether oxygens (including phenoxy) is 1. The molecule has 2 saturated heterocycles. The maximum Gasteiger partial charge on any atom is 0.319 e. The van der Waals surface area contributed by atoms with Crippen molar-refractivity contribution in [1.29, 1.82) is 0 Å². The maximum atomic E-state index is 12.7. The smallest absolute Gasteiger partial charge is 0.319 e. The topological polar surface area (TPSA) is 49.9 Å². The number of amides is 1. The molecule has 2 heterocycles. The number of carbonyl (C=O) groups excluding carboxylic acids is 2. The summed E-state index contributed by atoms with van der Waals surface area (Å²) in [6, 6.07) is 10.1. The van der Waals surface area contributed by atoms with Gasteiger partial charge in [-0.15, -0.1) is 0 Å². The van der Waals surface area contributed by atoms with Gasteiger partial charge in [-0.25, -0.2) is 0 Å². The quantitative estimate of drug-likeness (QED) is 0.794. The van der Waals surface area contributed by atoms with Crippen molar-refractivity contribution in [3.63, 3.8) is 0 Å². The molecule has 0 aliphatic carbocycles. The van der Waals surface area contributed by atoms with Crippen molar-refractivity contribution in [3.8, 4) is 0 Å². The first-order valence-electron chi connectivity index (χ1n) is 8.62. The lowest BCUT2D eigenvalue weighted by atomic mass is 9.68. The van der Waals surface area contributed by atoms with Crippen molar-refractivity contribution in [1.82, 2.24) is 9.80 Å². The van der Waals surface area contributed by atoms with Crippen LogP contribution in [0.15, 0.2) is 30.3 Å². The van der Waals surface area contributed by atoms with Crippen molar-refractivity contribution >= 4 is 11.9 Å². The highest BCUT2D eigenvalue weighted by molar-refractivity contribution is 5.84. The van der Waals surface area contributed by atoms with E-state index in [-0.39, 0.29) is 23.2 Å². The first kappa shape index (κ1) is 17.0. The van der Waals surface area contributed by atoms with Gasteiger partial charge in [0.2, 0.25) is 5.91 Å². The van der Waals surface area contributed by atoms with Gasteiger partial charge in [-0.3, -0.25) is 14.5 Å². The number of nitrogens with zero attached hydrogens (tertiary/aromatic N) is 2. The Morgan fingerprint density at radius 2 is 1.92 bits per heavy atom. The van der Waals surface area contributed by atoms with E-state index in [2.05, 4.69) is 17.0 Å². The molecule has 1 aromatic carbocycles. The first-order valence-corrected chi connectivity index (χ1v) is 8.62. The molecule has 2 aliphatic rings. The maximum absolute atomic E-state index is 12.7. The highest BCUT2D eigenvalue weighted by atomic mass is 16.5. The zero-order valence-electron chi connectivity index (χ0n) is 14.5. The van der Waals surface area contributed by atoms with Crippen LogP contribution in [0.25, 0.3) is 0 Å². The largest absolute Gasteiger partial charge is 0.468 e. The molecule has 24 heavy (non-hydrogen) atoms. The first-order chi connectivity index (χ1) is 11.5. The standard InChI is InChI=1S/C19H26N2O3/c1-20-14-19(8-10-21(11-9-19)13-17(22)24-2)12-16(18(20)23)15-6-4-3-5-7-15/h3-7,16H,8-14H2,1-2H3. The predicted octanol–water partition coefficient (Wildman–Crippen LogP) is 1.89. The Bertz CT molecular complexity index is 594. The number of likely N-dealkylation sites (N-methyl/N-ethyl adjacent to an activating group) is 1. The second-order valence-corrected chi connectivity index (χ2v) is 7.21. The average molecular weight is 330 g/mol. The summed E-state index contributed by atoms with van der Waals surface area (Å²) < 4.78 is 4.76. The Labute approximate surface area is 143 Å². The van der Waals surface area contributed by atoms with Gasteiger partial charge in [0.1, 0.15) is 0 Å². The summed E-state index contributed by atoms with van der Waals surface area (Å²) >= 11 is 0. The highest BCUT2D eigenvalue weighted by Crippen LogP contribution is 2.45. The number of benzene rings is 1. The third kappa shape index (κ3) is 3.46. The molecule has 0 N–H and O–H groups in total. The Balaban J connectivity index is 1.70. The minimum Gasteiger partial charge on any atom is -0.468 e. The molecule has 1 spiro atoms. The van der Waals surface area contributed by atoms with E-state index in [1.165, 1.54) is 7.11 Å². The molecule has 0 saturated carbocycles. The fraction of sp³-hybridized carbons (Fsp3) is 0.579. The van der Waals surface area contributed by atoms with Gasteiger partial charge in [0.15, 0.2) is 0 Å². The molecule has 130 valence electrons. The average Bonchev–Trinajstić information content (AvgIpc) is 2.61. The molecule has 1 aromatic rings. The number of esters is 1. The minimum absolute atomic E-state index is 0.0443. The molecule has 2 fully saturated rings. The summed E-state index contributed by atoms with van der Waals surface area (Å²) in [6.45, 7) is 2.96. The van der Waals surface area contributed by atoms with E-state index < -0.39 is 0 Å². The molecule has 3 rings (SSSR count). The van der Waals surface area contributed by atoms with Gasteiger partial charge in [-0.1, -0.05) is 30.3 Å². The molecule has 5 nitrogen and oxygen atoms in total. The monoisotopic (exact) mass is 330 g/mol. The Morgan fingerprint density at radius 1 is 1.25 bits per heavy atom. The van der Waals surface area contributed by atoms with Crippen molar-refractivity contribution in [2.45, 2.75) is 25.2 Å². The van der Waals surface area contributed by atoms with E-state index in [4.69, 9.17) is 4.74 Å². The van der Waals surface area contributed by atoms with E-state index in [0.717, 1.165) is 44.5 Å². The molecular formula is C19H26N2O3. The molecule has 1 unspecified atom stereocenters. The summed E-state index contributed by atoms with van der Waals surface area (Å²) in [5.74, 6) is 0.00461. The lowest BCUT2D eigenvalue weighted by Crippen LogP contribution is -2.53. The van der Waals surface area contributed by atoms with Crippen LogP contribution in [0.5, 0.6) is 0 Å². The normalized spacial score (nSPS) is 24.2. The zero-order chi connectivity index (χ0) is 17.2. The van der Waals surface area contributed by atoms with Crippen LogP contribution in [0.2, 0.25) is 0 Å². The Hall–Kier alpha value is -1.88. The van der Waals surface area contributed by atoms with Crippen LogP contribution in [-0.2, 0) is 14.3 Å². The van der Waals surface area contributed by atoms with Crippen molar-refractivity contribution < 1.29 is 14.3 Å². The van der Waals surface area contributed by atoms with Crippen molar-refractivity contribution in [2.75, 3.05) is 40.3 Å². The molecule has 0 aromatic heterocycles. The molecule has 5 heteroatoms. The van der Waals surface area contributed by atoms with Crippen LogP contribution in [0.4, 0.5) is 0 Å². The second kappa shape index (κ2) is 6.93. The molecule has 1 amide bonds. The number of hydrogen-bond acceptors (Lipinski definition) is 4. The fourth-order valence-corrected chi connectivity index (χ4v) is 4.17. The van der Waals surface area contributed by atoms with Gasteiger partial charge >= 0.3 is 5.97 Å². The van der Waals surface area contributed by atoms with Gasteiger partial charge in [-0.05, 0) is 43.3 Å². The molecular weight excluding hydrogens is 304 g/mol. The Kier molecular flexibility index (Phi) is 4.90. The van der Waals surface area contributed by atoms with Crippen LogP contribution < -0.4 is 0 Å². The second-order valence-electron chi connectivity index (χ2n) is 7.21. The van der Waals surface area contributed by atoms with Gasteiger partial charge in [-0.2, -0.15) is 0 Å². The summed E-state index contributed by atoms with van der Waals surface area (Å²) in [6.07, 6.45) is 2.95. The van der Waals surface area contributed by atoms with Crippen LogP contribution in [0.3, 0.4) is 0 Å². The van der Waals surface area contributed by atoms with Gasteiger partial charge in [0, 0.05) is 13.6 Å². The van der Waals surface area contributed by atoms with Crippen LogP contribution in [0, 0.1) is 5.41 Å². The molecule has 1 atom stereocenters. The third-order valence-corrected chi connectivity index (χ3v) is 5.58.